The Bertz CT molecular complexity index is 226. The van der Waals surface area contributed by atoms with Gasteiger partial charge in [-0.1, -0.05) is 26.1 Å². The number of thiocarbonyl (C=S) groups is 1. The Morgan fingerprint density at radius 2 is 2.27 bits per heavy atom. The summed E-state index contributed by atoms with van der Waals surface area (Å²) in [6.45, 7) is 3.85. The molecule has 1 aliphatic rings. The molecular formula is C7H11NO2S. The van der Waals surface area contributed by atoms with E-state index in [0.29, 0.717) is 4.86 Å². The van der Waals surface area contributed by atoms with Gasteiger partial charge in [-0.2, -0.15) is 0 Å². The SMILES string of the molecule is CC(C)C1C(=S)[C@@]1(N)C(=O)O. The average Bonchev–Trinajstić information content (AvgIpc) is 2.37. The monoisotopic (exact) mass is 173 g/mol. The predicted octanol–water partition coefficient (Wildman–Crippen LogP) is 0.424. The molecule has 0 amide bonds. The first-order valence-electron chi connectivity index (χ1n) is 3.49. The summed E-state index contributed by atoms with van der Waals surface area (Å²) in [5.41, 5.74) is 4.33. The van der Waals surface area contributed by atoms with Crippen molar-refractivity contribution in [1.82, 2.24) is 0 Å². The highest BCUT2D eigenvalue weighted by molar-refractivity contribution is 7.81. The van der Waals surface area contributed by atoms with Gasteiger partial charge < -0.3 is 10.8 Å². The second-order valence-corrected chi connectivity index (χ2v) is 3.70. The number of carboxylic acids is 1. The lowest BCUT2D eigenvalue weighted by Gasteiger charge is -2.04. The first-order valence-corrected chi connectivity index (χ1v) is 3.89. The van der Waals surface area contributed by atoms with Crippen molar-refractivity contribution in [2.45, 2.75) is 19.4 Å². The van der Waals surface area contributed by atoms with Crippen LogP contribution < -0.4 is 5.73 Å². The molecule has 0 saturated heterocycles. The molecule has 1 fully saturated rings. The molecule has 0 aromatic carbocycles. The summed E-state index contributed by atoms with van der Waals surface area (Å²) in [6, 6.07) is 0. The van der Waals surface area contributed by atoms with Crippen molar-refractivity contribution in [2.24, 2.45) is 17.6 Å². The lowest BCUT2D eigenvalue weighted by Crippen LogP contribution is -2.37. The van der Waals surface area contributed by atoms with Crippen LogP contribution in [0.3, 0.4) is 0 Å². The molecule has 4 heteroatoms. The van der Waals surface area contributed by atoms with Gasteiger partial charge in [-0.25, -0.2) is 4.79 Å². The lowest BCUT2D eigenvalue weighted by molar-refractivity contribution is -0.139. The number of aliphatic carboxylic acids is 1. The first kappa shape index (κ1) is 8.62. The van der Waals surface area contributed by atoms with E-state index >= 15 is 0 Å². The second-order valence-electron chi connectivity index (χ2n) is 3.26. The number of nitrogens with two attached hydrogens (primary N) is 1. The fourth-order valence-electron chi connectivity index (χ4n) is 1.41. The van der Waals surface area contributed by atoms with Gasteiger partial charge in [0.05, 0.1) is 0 Å². The molecule has 0 radical (unpaired) electrons. The predicted molar refractivity (Wildman–Crippen MR) is 45.5 cm³/mol. The van der Waals surface area contributed by atoms with Crippen molar-refractivity contribution in [1.29, 1.82) is 0 Å². The summed E-state index contributed by atoms with van der Waals surface area (Å²) in [5.74, 6) is -0.889. The zero-order chi connectivity index (χ0) is 8.81. The maximum absolute atomic E-state index is 10.6. The fourth-order valence-corrected chi connectivity index (χ4v) is 2.02. The quantitative estimate of drug-likeness (QED) is 0.594. The van der Waals surface area contributed by atoms with E-state index in [2.05, 4.69) is 0 Å². The Hall–Kier alpha value is -0.480. The second kappa shape index (κ2) is 2.25. The number of carbonyl (C=O) groups is 1. The highest BCUT2D eigenvalue weighted by Crippen LogP contribution is 2.43. The molecule has 0 bridgehead atoms. The van der Waals surface area contributed by atoms with Crippen molar-refractivity contribution >= 4 is 23.1 Å². The summed E-state index contributed by atoms with van der Waals surface area (Å²) < 4.78 is 0. The van der Waals surface area contributed by atoms with E-state index in [1.54, 1.807) is 0 Å². The average molecular weight is 173 g/mol. The van der Waals surface area contributed by atoms with Crippen molar-refractivity contribution in [3.05, 3.63) is 0 Å². The van der Waals surface area contributed by atoms with Gasteiger partial charge in [-0.15, -0.1) is 0 Å². The minimum atomic E-state index is -1.20. The van der Waals surface area contributed by atoms with E-state index in [1.165, 1.54) is 0 Å². The van der Waals surface area contributed by atoms with Crippen molar-refractivity contribution in [3.8, 4) is 0 Å². The molecule has 0 aromatic rings. The molecule has 3 N–H and O–H groups in total. The van der Waals surface area contributed by atoms with Crippen LogP contribution in [0.25, 0.3) is 0 Å². The zero-order valence-electron chi connectivity index (χ0n) is 6.50. The molecule has 2 atom stereocenters. The van der Waals surface area contributed by atoms with Crippen LogP contribution in [0, 0.1) is 11.8 Å². The van der Waals surface area contributed by atoms with E-state index in [0.717, 1.165) is 0 Å². The number of rotatable bonds is 2. The van der Waals surface area contributed by atoms with E-state index < -0.39 is 11.5 Å². The van der Waals surface area contributed by atoms with E-state index in [1.807, 2.05) is 13.8 Å². The van der Waals surface area contributed by atoms with Crippen LogP contribution in [0.5, 0.6) is 0 Å². The van der Waals surface area contributed by atoms with Gasteiger partial charge in [0.1, 0.15) is 0 Å². The first-order chi connectivity index (χ1) is 4.92. The largest absolute Gasteiger partial charge is 0.480 e. The summed E-state index contributed by atoms with van der Waals surface area (Å²) in [7, 11) is 0. The van der Waals surface area contributed by atoms with Crippen LogP contribution >= 0.6 is 12.2 Å². The maximum atomic E-state index is 10.6. The smallest absolute Gasteiger partial charge is 0.329 e. The molecule has 0 heterocycles. The topological polar surface area (TPSA) is 63.3 Å². The molecular weight excluding hydrogens is 162 g/mol. The molecule has 0 spiro atoms. The van der Waals surface area contributed by atoms with Crippen LogP contribution in [0.2, 0.25) is 0 Å². The van der Waals surface area contributed by atoms with Crippen LogP contribution in [-0.2, 0) is 4.79 Å². The normalized spacial score (nSPS) is 36.0. The minimum Gasteiger partial charge on any atom is -0.480 e. The van der Waals surface area contributed by atoms with E-state index in [4.69, 9.17) is 23.1 Å². The Kier molecular flexibility index (Phi) is 1.76. The third kappa shape index (κ3) is 0.973. The zero-order valence-corrected chi connectivity index (χ0v) is 7.31. The molecule has 0 aromatic heterocycles. The van der Waals surface area contributed by atoms with E-state index in [9.17, 15) is 4.79 Å². The summed E-state index contributed by atoms with van der Waals surface area (Å²) in [5, 5.41) is 8.69. The van der Waals surface area contributed by atoms with Crippen LogP contribution in [-0.4, -0.2) is 21.5 Å². The fraction of sp³-hybridized carbons (Fsp3) is 0.714. The molecule has 1 rings (SSSR count). The molecule has 0 aliphatic heterocycles. The Morgan fingerprint density at radius 3 is 2.36 bits per heavy atom. The Morgan fingerprint density at radius 1 is 1.82 bits per heavy atom. The highest BCUT2D eigenvalue weighted by Gasteiger charge is 2.64. The van der Waals surface area contributed by atoms with Crippen molar-refractivity contribution < 1.29 is 9.90 Å². The van der Waals surface area contributed by atoms with Crippen LogP contribution in [0.15, 0.2) is 0 Å². The van der Waals surface area contributed by atoms with E-state index in [-0.39, 0.29) is 11.8 Å². The van der Waals surface area contributed by atoms with Crippen LogP contribution in [0.1, 0.15) is 13.8 Å². The lowest BCUT2D eigenvalue weighted by atomic mass is 10.1. The third-order valence-corrected chi connectivity index (χ3v) is 2.71. The molecule has 1 saturated carbocycles. The van der Waals surface area contributed by atoms with Gasteiger partial charge in [-0.05, 0) is 5.92 Å². The molecule has 11 heavy (non-hydrogen) atoms. The maximum Gasteiger partial charge on any atom is 0.329 e. The standard InChI is InChI=1S/C7H11NO2S/c1-3(2)4-5(11)7(4,8)6(9)10/h3-4H,8H2,1-2H3,(H,9,10)/t4?,7-/m1/s1. The number of carboxylic acid groups (broad SMARTS) is 1. The van der Waals surface area contributed by atoms with Gasteiger partial charge in [-0.3, -0.25) is 0 Å². The summed E-state index contributed by atoms with van der Waals surface area (Å²) >= 11 is 4.85. The van der Waals surface area contributed by atoms with Gasteiger partial charge >= 0.3 is 5.97 Å². The molecule has 62 valence electrons. The van der Waals surface area contributed by atoms with Crippen molar-refractivity contribution in [2.75, 3.05) is 0 Å². The highest BCUT2D eigenvalue weighted by atomic mass is 32.1. The van der Waals surface area contributed by atoms with Crippen LogP contribution in [0.4, 0.5) is 0 Å². The minimum absolute atomic E-state index is 0.116. The Labute approximate surface area is 70.6 Å². The summed E-state index contributed by atoms with van der Waals surface area (Å²) in [4.78, 5) is 11.1. The molecule has 1 unspecified atom stereocenters. The van der Waals surface area contributed by atoms with Gasteiger partial charge in [0.2, 0.25) is 0 Å². The number of hydrogen-bond acceptors (Lipinski definition) is 3. The summed E-state index contributed by atoms with van der Waals surface area (Å²) in [6.07, 6.45) is 0. The number of hydrogen-bond donors (Lipinski definition) is 2. The third-order valence-electron chi connectivity index (χ3n) is 2.12. The van der Waals surface area contributed by atoms with Gasteiger partial charge in [0.25, 0.3) is 0 Å². The van der Waals surface area contributed by atoms with Gasteiger partial charge in [0.15, 0.2) is 5.54 Å². The molecule has 3 nitrogen and oxygen atoms in total. The van der Waals surface area contributed by atoms with Crippen molar-refractivity contribution in [3.63, 3.8) is 0 Å². The van der Waals surface area contributed by atoms with Gasteiger partial charge in [0, 0.05) is 10.8 Å². The molecule has 1 aliphatic carbocycles. The Balaban J connectivity index is 2.81.